The van der Waals surface area contributed by atoms with Gasteiger partial charge in [0.1, 0.15) is 18.1 Å². The van der Waals surface area contributed by atoms with Crippen LogP contribution in [0.3, 0.4) is 0 Å². The van der Waals surface area contributed by atoms with Crippen LogP contribution in [0.25, 0.3) is 0 Å². The van der Waals surface area contributed by atoms with Crippen LogP contribution in [-0.2, 0) is 16.4 Å². The third-order valence-corrected chi connectivity index (χ3v) is 5.61. The average molecular weight is 363 g/mol. The van der Waals surface area contributed by atoms with E-state index in [4.69, 9.17) is 9.47 Å². The molecule has 0 spiro atoms. The maximum absolute atomic E-state index is 12.4. The fraction of sp³-hybridized carbons (Fsp3) is 0.368. The standard InChI is InChI=1S/C19H25NO4S/c1-5-16-13-17(9-10-19(16)23-4)25(21,22)20-11-12-24-18-8-6-7-14(2)15(18)3/h6-10,13,20H,5,11-12H2,1-4H3. The minimum absolute atomic E-state index is 0.198. The molecule has 0 radical (unpaired) electrons. The predicted octanol–water partition coefficient (Wildman–Crippen LogP) is 3.23. The first-order chi connectivity index (χ1) is 11.9. The van der Waals surface area contributed by atoms with Crippen LogP contribution in [0.4, 0.5) is 0 Å². The lowest BCUT2D eigenvalue weighted by Crippen LogP contribution is -2.28. The Kier molecular flexibility index (Phi) is 6.45. The van der Waals surface area contributed by atoms with E-state index in [2.05, 4.69) is 4.72 Å². The number of aryl methyl sites for hydroxylation is 2. The second-order valence-electron chi connectivity index (χ2n) is 5.77. The molecule has 2 rings (SSSR count). The van der Waals surface area contributed by atoms with E-state index >= 15 is 0 Å². The van der Waals surface area contributed by atoms with Gasteiger partial charge in [-0.2, -0.15) is 0 Å². The van der Waals surface area contributed by atoms with Gasteiger partial charge in [-0.05, 0) is 61.2 Å². The number of hydrogen-bond acceptors (Lipinski definition) is 4. The first kappa shape index (κ1) is 19.3. The Morgan fingerprint density at radius 3 is 2.52 bits per heavy atom. The molecule has 0 saturated carbocycles. The number of ether oxygens (including phenoxy) is 2. The predicted molar refractivity (Wildman–Crippen MR) is 99.0 cm³/mol. The van der Waals surface area contributed by atoms with Gasteiger partial charge >= 0.3 is 0 Å². The smallest absolute Gasteiger partial charge is 0.240 e. The quantitative estimate of drug-likeness (QED) is 0.732. The fourth-order valence-corrected chi connectivity index (χ4v) is 3.56. The number of rotatable bonds is 8. The van der Waals surface area contributed by atoms with Crippen LogP contribution in [0.5, 0.6) is 11.5 Å². The topological polar surface area (TPSA) is 64.6 Å². The lowest BCUT2D eigenvalue weighted by atomic mass is 10.1. The van der Waals surface area contributed by atoms with E-state index in [9.17, 15) is 8.42 Å². The molecule has 0 atom stereocenters. The highest BCUT2D eigenvalue weighted by molar-refractivity contribution is 7.89. The molecule has 2 aromatic rings. The zero-order chi connectivity index (χ0) is 18.4. The van der Waals surface area contributed by atoms with Gasteiger partial charge in [-0.15, -0.1) is 0 Å². The number of nitrogens with one attached hydrogen (secondary N) is 1. The summed E-state index contributed by atoms with van der Waals surface area (Å²) < 4.78 is 38.3. The van der Waals surface area contributed by atoms with Crippen LogP contribution in [0.2, 0.25) is 0 Å². The highest BCUT2D eigenvalue weighted by Gasteiger charge is 2.15. The molecule has 0 heterocycles. The van der Waals surface area contributed by atoms with Crippen LogP contribution in [0.15, 0.2) is 41.3 Å². The van der Waals surface area contributed by atoms with E-state index in [1.807, 2.05) is 39.0 Å². The number of methoxy groups -OCH3 is 1. The van der Waals surface area contributed by atoms with Crippen molar-refractivity contribution in [3.8, 4) is 11.5 Å². The number of hydrogen-bond donors (Lipinski definition) is 1. The zero-order valence-corrected chi connectivity index (χ0v) is 15.9. The van der Waals surface area contributed by atoms with Gasteiger partial charge in [-0.1, -0.05) is 19.1 Å². The molecular weight excluding hydrogens is 338 g/mol. The van der Waals surface area contributed by atoms with Crippen molar-refractivity contribution >= 4 is 10.0 Å². The molecule has 0 amide bonds. The molecule has 0 aliphatic rings. The molecule has 136 valence electrons. The molecule has 2 aromatic carbocycles. The zero-order valence-electron chi connectivity index (χ0n) is 15.1. The van der Waals surface area contributed by atoms with Crippen LogP contribution in [0.1, 0.15) is 23.6 Å². The molecule has 0 aliphatic heterocycles. The van der Waals surface area contributed by atoms with E-state index in [1.54, 1.807) is 25.3 Å². The number of sulfonamides is 1. The normalized spacial score (nSPS) is 11.4. The first-order valence-electron chi connectivity index (χ1n) is 8.24. The van der Waals surface area contributed by atoms with Crippen LogP contribution >= 0.6 is 0 Å². The summed E-state index contributed by atoms with van der Waals surface area (Å²) in [6.07, 6.45) is 0.697. The van der Waals surface area contributed by atoms with Gasteiger partial charge in [0, 0.05) is 6.54 Å². The molecule has 0 aromatic heterocycles. The number of benzene rings is 2. The Morgan fingerprint density at radius 2 is 1.84 bits per heavy atom. The van der Waals surface area contributed by atoms with Crippen molar-refractivity contribution in [3.05, 3.63) is 53.1 Å². The molecule has 0 unspecified atom stereocenters. The maximum Gasteiger partial charge on any atom is 0.240 e. The second-order valence-corrected chi connectivity index (χ2v) is 7.54. The Balaban J connectivity index is 1.99. The molecule has 0 aliphatic carbocycles. The second kappa shape index (κ2) is 8.36. The lowest BCUT2D eigenvalue weighted by molar-refractivity contribution is 0.320. The first-order valence-corrected chi connectivity index (χ1v) is 9.73. The SMILES string of the molecule is CCc1cc(S(=O)(=O)NCCOc2cccc(C)c2C)ccc1OC. The molecule has 0 fully saturated rings. The Labute approximate surface area is 150 Å². The Bertz CT molecular complexity index is 831. The van der Waals surface area contributed by atoms with E-state index in [-0.39, 0.29) is 18.0 Å². The van der Waals surface area contributed by atoms with Crippen molar-refractivity contribution in [2.45, 2.75) is 32.1 Å². The monoisotopic (exact) mass is 363 g/mol. The average Bonchev–Trinajstić information content (AvgIpc) is 2.61. The molecule has 6 heteroatoms. The third-order valence-electron chi connectivity index (χ3n) is 4.15. The van der Waals surface area contributed by atoms with E-state index in [0.717, 1.165) is 22.4 Å². The fourth-order valence-electron chi connectivity index (χ4n) is 2.50. The van der Waals surface area contributed by atoms with E-state index in [0.29, 0.717) is 12.2 Å². The van der Waals surface area contributed by atoms with Crippen molar-refractivity contribution in [1.82, 2.24) is 4.72 Å². The summed E-state index contributed by atoms with van der Waals surface area (Å²) in [5.41, 5.74) is 3.06. The van der Waals surface area contributed by atoms with Gasteiger partial charge in [0.15, 0.2) is 0 Å². The Hall–Kier alpha value is -2.05. The van der Waals surface area contributed by atoms with Gasteiger partial charge in [0.25, 0.3) is 0 Å². The minimum Gasteiger partial charge on any atom is -0.496 e. The highest BCUT2D eigenvalue weighted by Crippen LogP contribution is 2.23. The molecule has 1 N–H and O–H groups in total. The molecular formula is C19H25NO4S. The summed E-state index contributed by atoms with van der Waals surface area (Å²) in [6.45, 7) is 6.42. The van der Waals surface area contributed by atoms with Crippen molar-refractivity contribution in [2.75, 3.05) is 20.3 Å². The largest absolute Gasteiger partial charge is 0.496 e. The van der Waals surface area contributed by atoms with Crippen LogP contribution < -0.4 is 14.2 Å². The molecule has 25 heavy (non-hydrogen) atoms. The van der Waals surface area contributed by atoms with Crippen molar-refractivity contribution in [2.24, 2.45) is 0 Å². The van der Waals surface area contributed by atoms with Gasteiger partial charge < -0.3 is 9.47 Å². The van der Waals surface area contributed by atoms with E-state index < -0.39 is 10.0 Å². The van der Waals surface area contributed by atoms with Gasteiger partial charge in [0.05, 0.1) is 12.0 Å². The molecule has 0 saturated heterocycles. The third kappa shape index (κ3) is 4.74. The maximum atomic E-state index is 12.4. The minimum atomic E-state index is -3.58. The van der Waals surface area contributed by atoms with Gasteiger partial charge in [-0.25, -0.2) is 13.1 Å². The summed E-state index contributed by atoms with van der Waals surface area (Å²) in [5.74, 6) is 1.47. The van der Waals surface area contributed by atoms with Gasteiger partial charge in [-0.3, -0.25) is 0 Å². The van der Waals surface area contributed by atoms with Crippen LogP contribution in [0, 0.1) is 13.8 Å². The summed E-state index contributed by atoms with van der Waals surface area (Å²) >= 11 is 0. The summed E-state index contributed by atoms with van der Waals surface area (Å²) in [7, 11) is -2.00. The lowest BCUT2D eigenvalue weighted by Gasteiger charge is -2.13. The van der Waals surface area contributed by atoms with Crippen molar-refractivity contribution < 1.29 is 17.9 Å². The van der Waals surface area contributed by atoms with Crippen molar-refractivity contribution in [3.63, 3.8) is 0 Å². The van der Waals surface area contributed by atoms with E-state index in [1.165, 1.54) is 0 Å². The summed E-state index contributed by atoms with van der Waals surface area (Å²) in [4.78, 5) is 0.233. The summed E-state index contributed by atoms with van der Waals surface area (Å²) in [6, 6.07) is 10.7. The van der Waals surface area contributed by atoms with Crippen LogP contribution in [-0.4, -0.2) is 28.7 Å². The van der Waals surface area contributed by atoms with Crippen molar-refractivity contribution in [1.29, 1.82) is 0 Å². The Morgan fingerprint density at radius 1 is 1.08 bits per heavy atom. The van der Waals surface area contributed by atoms with Gasteiger partial charge in [0.2, 0.25) is 10.0 Å². The summed E-state index contributed by atoms with van der Waals surface area (Å²) in [5, 5.41) is 0. The molecule has 0 bridgehead atoms. The highest BCUT2D eigenvalue weighted by atomic mass is 32.2. The molecule has 5 nitrogen and oxygen atoms in total.